The second kappa shape index (κ2) is 7.95. The van der Waals surface area contributed by atoms with Gasteiger partial charge in [-0.1, -0.05) is 41.1 Å². The summed E-state index contributed by atoms with van der Waals surface area (Å²) >= 11 is 3.61. The van der Waals surface area contributed by atoms with Crippen LogP contribution in [0.3, 0.4) is 0 Å². The van der Waals surface area contributed by atoms with Crippen molar-refractivity contribution in [2.75, 3.05) is 19.6 Å². The van der Waals surface area contributed by atoms with E-state index in [-0.39, 0.29) is 11.9 Å². The van der Waals surface area contributed by atoms with Gasteiger partial charge >= 0.3 is 0 Å². The Labute approximate surface area is 136 Å². The van der Waals surface area contributed by atoms with Crippen molar-refractivity contribution in [1.82, 2.24) is 10.2 Å². The predicted molar refractivity (Wildman–Crippen MR) is 90.2 cm³/mol. The molecule has 0 bridgehead atoms. The molecule has 0 aromatic heterocycles. The van der Waals surface area contributed by atoms with E-state index in [4.69, 9.17) is 0 Å². The molecule has 1 fully saturated rings. The van der Waals surface area contributed by atoms with Gasteiger partial charge < -0.3 is 5.32 Å². The Morgan fingerprint density at radius 2 is 2.14 bits per heavy atom. The van der Waals surface area contributed by atoms with Gasteiger partial charge in [0.15, 0.2) is 0 Å². The first-order chi connectivity index (χ1) is 10.1. The average molecular weight is 353 g/mol. The molecule has 1 aliphatic carbocycles. The maximum absolute atomic E-state index is 12.1. The van der Waals surface area contributed by atoms with Crippen LogP contribution in [0.15, 0.2) is 28.7 Å². The molecule has 1 aliphatic rings. The van der Waals surface area contributed by atoms with Crippen LogP contribution in [0.5, 0.6) is 0 Å². The Bertz CT molecular complexity index is 474. The van der Waals surface area contributed by atoms with Crippen LogP contribution in [0.1, 0.15) is 44.7 Å². The van der Waals surface area contributed by atoms with Gasteiger partial charge in [0.05, 0.1) is 6.54 Å². The average Bonchev–Trinajstić information content (AvgIpc) is 3.29. The molecule has 21 heavy (non-hydrogen) atoms. The van der Waals surface area contributed by atoms with E-state index in [1.807, 2.05) is 12.1 Å². The molecule has 0 aliphatic heterocycles. The maximum atomic E-state index is 12.1. The summed E-state index contributed by atoms with van der Waals surface area (Å²) in [6.45, 7) is 6.58. The quantitative estimate of drug-likeness (QED) is 0.772. The monoisotopic (exact) mass is 352 g/mol. The van der Waals surface area contributed by atoms with E-state index >= 15 is 0 Å². The number of carbonyl (C=O) groups is 1. The Kier molecular flexibility index (Phi) is 6.24. The van der Waals surface area contributed by atoms with E-state index in [1.54, 1.807) is 0 Å². The van der Waals surface area contributed by atoms with Crippen LogP contribution in [0.4, 0.5) is 0 Å². The molecular weight excluding hydrogens is 328 g/mol. The number of nitrogens with zero attached hydrogens (tertiary/aromatic N) is 1. The summed E-state index contributed by atoms with van der Waals surface area (Å²) in [5.74, 6) is 0.878. The zero-order valence-electron chi connectivity index (χ0n) is 12.9. The fraction of sp³-hybridized carbons (Fsp3) is 0.588. The number of halogens is 1. The first-order valence-electron chi connectivity index (χ1n) is 7.87. The van der Waals surface area contributed by atoms with Gasteiger partial charge in [0, 0.05) is 17.1 Å². The fourth-order valence-corrected chi connectivity index (χ4v) is 3.14. The van der Waals surface area contributed by atoms with Gasteiger partial charge in [0.1, 0.15) is 0 Å². The Balaban J connectivity index is 1.96. The lowest BCUT2D eigenvalue weighted by molar-refractivity contribution is -0.122. The van der Waals surface area contributed by atoms with Crippen molar-refractivity contribution in [3.8, 4) is 0 Å². The molecule has 0 saturated heterocycles. The van der Waals surface area contributed by atoms with Crippen LogP contribution in [0, 0.1) is 5.92 Å². The van der Waals surface area contributed by atoms with Crippen LogP contribution in [-0.2, 0) is 4.79 Å². The minimum absolute atomic E-state index is 0.147. The van der Waals surface area contributed by atoms with E-state index in [0.717, 1.165) is 29.9 Å². The molecule has 1 amide bonds. The number of hydrogen-bond acceptors (Lipinski definition) is 2. The van der Waals surface area contributed by atoms with Crippen molar-refractivity contribution in [2.24, 2.45) is 5.92 Å². The third kappa shape index (κ3) is 5.11. The zero-order valence-corrected chi connectivity index (χ0v) is 14.5. The van der Waals surface area contributed by atoms with Crippen molar-refractivity contribution < 1.29 is 4.79 Å². The number of hydrogen-bond donors (Lipinski definition) is 1. The minimum atomic E-state index is 0.147. The molecule has 0 heterocycles. The second-order valence-electron chi connectivity index (χ2n) is 5.92. The minimum Gasteiger partial charge on any atom is -0.355 e. The summed E-state index contributed by atoms with van der Waals surface area (Å²) in [4.78, 5) is 14.4. The summed E-state index contributed by atoms with van der Waals surface area (Å²) in [6.07, 6.45) is 3.59. The molecule has 3 nitrogen and oxygen atoms in total. The second-order valence-corrected chi connectivity index (χ2v) is 6.77. The van der Waals surface area contributed by atoms with Gasteiger partial charge in [0.25, 0.3) is 0 Å². The SMILES string of the molecule is CCCN(CC(=O)NCC1CC1)C(C)c1ccccc1Br. The molecule has 1 aromatic carbocycles. The van der Waals surface area contributed by atoms with Crippen LogP contribution in [-0.4, -0.2) is 30.4 Å². The van der Waals surface area contributed by atoms with Crippen LogP contribution >= 0.6 is 15.9 Å². The molecular formula is C17H25BrN2O. The lowest BCUT2D eigenvalue weighted by atomic mass is 10.1. The van der Waals surface area contributed by atoms with Gasteiger partial charge in [-0.25, -0.2) is 0 Å². The Morgan fingerprint density at radius 1 is 1.43 bits per heavy atom. The molecule has 0 spiro atoms. The van der Waals surface area contributed by atoms with Crippen LogP contribution in [0.25, 0.3) is 0 Å². The van der Waals surface area contributed by atoms with Crippen molar-refractivity contribution in [2.45, 2.75) is 39.2 Å². The highest BCUT2D eigenvalue weighted by Gasteiger charge is 2.23. The summed E-state index contributed by atoms with van der Waals surface area (Å²) in [5, 5.41) is 3.06. The van der Waals surface area contributed by atoms with Crippen molar-refractivity contribution in [1.29, 1.82) is 0 Å². The van der Waals surface area contributed by atoms with E-state index in [9.17, 15) is 4.79 Å². The summed E-state index contributed by atoms with van der Waals surface area (Å²) in [6, 6.07) is 8.48. The highest BCUT2D eigenvalue weighted by molar-refractivity contribution is 9.10. The maximum Gasteiger partial charge on any atom is 0.234 e. The zero-order chi connectivity index (χ0) is 15.2. The first-order valence-corrected chi connectivity index (χ1v) is 8.66. The summed E-state index contributed by atoms with van der Waals surface area (Å²) in [5.41, 5.74) is 1.24. The number of carbonyl (C=O) groups excluding carboxylic acids is 1. The number of rotatable bonds is 8. The third-order valence-electron chi connectivity index (χ3n) is 4.05. The van der Waals surface area contributed by atoms with Crippen molar-refractivity contribution in [3.63, 3.8) is 0 Å². The molecule has 1 aromatic rings. The number of benzene rings is 1. The van der Waals surface area contributed by atoms with E-state index < -0.39 is 0 Å². The topological polar surface area (TPSA) is 32.3 Å². The Hall–Kier alpha value is -0.870. The van der Waals surface area contributed by atoms with Crippen LogP contribution < -0.4 is 5.32 Å². The lowest BCUT2D eigenvalue weighted by Crippen LogP contribution is -2.39. The normalized spacial score (nSPS) is 16.0. The molecule has 116 valence electrons. The number of nitrogens with one attached hydrogen (secondary N) is 1. The van der Waals surface area contributed by atoms with E-state index in [2.05, 4.69) is 52.1 Å². The fourth-order valence-electron chi connectivity index (χ4n) is 2.53. The molecule has 1 saturated carbocycles. The smallest absolute Gasteiger partial charge is 0.234 e. The van der Waals surface area contributed by atoms with E-state index in [0.29, 0.717) is 6.54 Å². The summed E-state index contributed by atoms with van der Waals surface area (Å²) < 4.78 is 1.11. The van der Waals surface area contributed by atoms with Crippen molar-refractivity contribution >= 4 is 21.8 Å². The lowest BCUT2D eigenvalue weighted by Gasteiger charge is -2.29. The van der Waals surface area contributed by atoms with E-state index in [1.165, 1.54) is 18.4 Å². The number of amides is 1. The van der Waals surface area contributed by atoms with Crippen molar-refractivity contribution in [3.05, 3.63) is 34.3 Å². The molecule has 1 unspecified atom stereocenters. The predicted octanol–water partition coefficient (Wildman–Crippen LogP) is 3.75. The highest BCUT2D eigenvalue weighted by atomic mass is 79.9. The standard InChI is InChI=1S/C17H25BrN2O/c1-3-10-20(12-17(21)19-11-14-8-9-14)13(2)15-6-4-5-7-16(15)18/h4-7,13-14H,3,8-12H2,1-2H3,(H,19,21). The summed E-state index contributed by atoms with van der Waals surface area (Å²) in [7, 11) is 0. The van der Waals surface area contributed by atoms with Gasteiger partial charge in [-0.2, -0.15) is 0 Å². The third-order valence-corrected chi connectivity index (χ3v) is 4.77. The molecule has 1 atom stereocenters. The largest absolute Gasteiger partial charge is 0.355 e. The van der Waals surface area contributed by atoms with Crippen LogP contribution in [0.2, 0.25) is 0 Å². The molecule has 1 N–H and O–H groups in total. The molecule has 0 radical (unpaired) electrons. The van der Waals surface area contributed by atoms with Gasteiger partial charge in [-0.05, 0) is 50.3 Å². The highest BCUT2D eigenvalue weighted by Crippen LogP contribution is 2.28. The van der Waals surface area contributed by atoms with Gasteiger partial charge in [0.2, 0.25) is 5.91 Å². The Morgan fingerprint density at radius 3 is 2.76 bits per heavy atom. The molecule has 4 heteroatoms. The van der Waals surface area contributed by atoms with Gasteiger partial charge in [-0.3, -0.25) is 9.69 Å². The molecule has 2 rings (SSSR count). The first kappa shape index (κ1) is 16.5. The van der Waals surface area contributed by atoms with Gasteiger partial charge in [-0.15, -0.1) is 0 Å².